The van der Waals surface area contributed by atoms with E-state index in [1.165, 1.54) is 11.1 Å². The number of alkyl carbamates (subject to hydrolysis) is 1. The molecule has 1 amide bonds. The lowest BCUT2D eigenvalue weighted by atomic mass is 10.1. The minimum atomic E-state index is -1.04. The summed E-state index contributed by atoms with van der Waals surface area (Å²) in [6.45, 7) is 17.9. The Labute approximate surface area is 299 Å². The second kappa shape index (κ2) is 25.3. The third-order valence-corrected chi connectivity index (χ3v) is 7.85. The summed E-state index contributed by atoms with van der Waals surface area (Å²) in [6, 6.07) is 20.5. The predicted octanol–water partition coefficient (Wildman–Crippen LogP) is 4.25. The second-order valence-electron chi connectivity index (χ2n) is 13.4. The molecular formula is C38H61FN4O7. The van der Waals surface area contributed by atoms with Gasteiger partial charge >= 0.3 is 6.09 Å². The standard InChI is InChI=1S/C38H61FN4O7/c1-38(2,3)50-37(44)40-14-21-45-24-26-47-28-29-48-27-25-46-22-19-41-15-17-42(18-16-41)20-23-49-33-36(39)32-43(30-34-10-6-4-7-11-34)31-35-12-8-5-9-13-35/h4-13,36H,14-33H2,1-3H3,(H,40,44)/t36-/m0/s1. The van der Waals surface area contributed by atoms with E-state index in [1.54, 1.807) is 0 Å². The van der Waals surface area contributed by atoms with Crippen molar-refractivity contribution in [1.82, 2.24) is 20.0 Å². The number of benzene rings is 2. The van der Waals surface area contributed by atoms with Crippen LogP contribution in [0.3, 0.4) is 0 Å². The molecule has 2 aromatic carbocycles. The van der Waals surface area contributed by atoms with Crippen molar-refractivity contribution < 1.29 is 37.6 Å². The SMILES string of the molecule is CC(C)(C)OC(=O)NCCOCCOCCOCCOCCN1CCN(CCOC[C@@H](F)CN(Cc2ccccc2)Cc2ccccc2)CC1. The Morgan fingerprint density at radius 2 is 1.14 bits per heavy atom. The summed E-state index contributed by atoms with van der Waals surface area (Å²) in [7, 11) is 0. The zero-order chi connectivity index (χ0) is 35.7. The van der Waals surface area contributed by atoms with Gasteiger partial charge in [-0.25, -0.2) is 9.18 Å². The van der Waals surface area contributed by atoms with E-state index in [4.69, 9.17) is 28.4 Å². The number of alkyl halides is 1. The number of hydrogen-bond acceptors (Lipinski definition) is 10. The fraction of sp³-hybridized carbons (Fsp3) is 0.658. The van der Waals surface area contributed by atoms with Gasteiger partial charge in [-0.3, -0.25) is 14.7 Å². The Balaban J connectivity index is 1.10. The van der Waals surface area contributed by atoms with Crippen LogP contribution in [0.15, 0.2) is 60.7 Å². The molecule has 0 spiro atoms. The molecule has 50 heavy (non-hydrogen) atoms. The van der Waals surface area contributed by atoms with Crippen molar-refractivity contribution in [3.8, 4) is 0 Å². The first-order valence-electron chi connectivity index (χ1n) is 18.0. The van der Waals surface area contributed by atoms with Gasteiger partial charge in [-0.15, -0.1) is 0 Å². The normalized spacial score (nSPS) is 15.0. The van der Waals surface area contributed by atoms with Crippen molar-refractivity contribution in [2.45, 2.75) is 45.6 Å². The van der Waals surface area contributed by atoms with Gasteiger partial charge in [-0.1, -0.05) is 60.7 Å². The molecule has 1 aliphatic heterocycles. The molecule has 12 heteroatoms. The number of halogens is 1. The molecule has 0 radical (unpaired) electrons. The smallest absolute Gasteiger partial charge is 0.407 e. The lowest BCUT2D eigenvalue weighted by Gasteiger charge is -2.34. The summed E-state index contributed by atoms with van der Waals surface area (Å²) in [5.74, 6) is 0. The van der Waals surface area contributed by atoms with Gasteiger partial charge in [0, 0.05) is 65.4 Å². The van der Waals surface area contributed by atoms with Crippen LogP contribution in [0.25, 0.3) is 0 Å². The number of nitrogens with one attached hydrogen (secondary N) is 1. The Morgan fingerprint density at radius 3 is 1.62 bits per heavy atom. The van der Waals surface area contributed by atoms with Crippen LogP contribution in [0, 0.1) is 0 Å². The van der Waals surface area contributed by atoms with Gasteiger partial charge in [-0.2, -0.15) is 0 Å². The number of rotatable bonds is 26. The Bertz CT molecular complexity index is 1080. The van der Waals surface area contributed by atoms with Gasteiger partial charge in [0.25, 0.3) is 0 Å². The second-order valence-corrected chi connectivity index (χ2v) is 13.4. The fourth-order valence-electron chi connectivity index (χ4n) is 5.34. The summed E-state index contributed by atoms with van der Waals surface area (Å²) in [5.41, 5.74) is 1.85. The summed E-state index contributed by atoms with van der Waals surface area (Å²) in [4.78, 5) is 18.5. The van der Waals surface area contributed by atoms with E-state index in [0.29, 0.717) is 85.6 Å². The Kier molecular flexibility index (Phi) is 21.1. The third-order valence-electron chi connectivity index (χ3n) is 7.85. The molecule has 1 saturated heterocycles. The maximum absolute atomic E-state index is 15.0. The number of ether oxygens (including phenoxy) is 6. The molecule has 2 aromatic rings. The molecule has 1 N–H and O–H groups in total. The highest BCUT2D eigenvalue weighted by Crippen LogP contribution is 2.12. The van der Waals surface area contributed by atoms with Crippen molar-refractivity contribution in [1.29, 1.82) is 0 Å². The van der Waals surface area contributed by atoms with E-state index < -0.39 is 17.9 Å². The highest BCUT2D eigenvalue weighted by Gasteiger charge is 2.18. The van der Waals surface area contributed by atoms with E-state index >= 15 is 4.39 Å². The van der Waals surface area contributed by atoms with Crippen molar-refractivity contribution in [3.63, 3.8) is 0 Å². The zero-order valence-electron chi connectivity index (χ0n) is 30.6. The molecule has 1 heterocycles. The lowest BCUT2D eigenvalue weighted by molar-refractivity contribution is -0.00577. The first-order valence-corrected chi connectivity index (χ1v) is 18.0. The monoisotopic (exact) mass is 704 g/mol. The number of nitrogens with zero attached hydrogens (tertiary/aromatic N) is 3. The van der Waals surface area contributed by atoms with Crippen LogP contribution in [0.5, 0.6) is 0 Å². The average molecular weight is 705 g/mol. The predicted molar refractivity (Wildman–Crippen MR) is 193 cm³/mol. The van der Waals surface area contributed by atoms with Gasteiger partial charge in [-0.05, 0) is 31.9 Å². The molecule has 0 aliphatic carbocycles. The molecular weight excluding hydrogens is 643 g/mol. The van der Waals surface area contributed by atoms with Crippen LogP contribution in [-0.2, 0) is 41.5 Å². The van der Waals surface area contributed by atoms with E-state index in [9.17, 15) is 4.79 Å². The van der Waals surface area contributed by atoms with E-state index in [1.807, 2.05) is 57.2 Å². The molecule has 1 aliphatic rings. The number of hydrogen-bond donors (Lipinski definition) is 1. The van der Waals surface area contributed by atoms with E-state index in [-0.39, 0.29) is 6.61 Å². The van der Waals surface area contributed by atoms with Gasteiger partial charge in [0.05, 0.1) is 66.1 Å². The number of carbonyl (C=O) groups excluding carboxylic acids is 1. The summed E-state index contributed by atoms with van der Waals surface area (Å²) >= 11 is 0. The first kappa shape index (κ1) is 41.7. The van der Waals surface area contributed by atoms with Gasteiger partial charge in [0.2, 0.25) is 0 Å². The average Bonchev–Trinajstić information content (AvgIpc) is 3.09. The molecule has 0 unspecified atom stereocenters. The Hall–Kier alpha value is -2.68. The number of amides is 1. The van der Waals surface area contributed by atoms with Crippen molar-refractivity contribution in [2.75, 3.05) is 118 Å². The van der Waals surface area contributed by atoms with Gasteiger partial charge < -0.3 is 33.7 Å². The van der Waals surface area contributed by atoms with E-state index in [0.717, 1.165) is 39.3 Å². The number of piperazine rings is 1. The maximum atomic E-state index is 15.0. The van der Waals surface area contributed by atoms with E-state index in [2.05, 4.69) is 44.3 Å². The summed E-state index contributed by atoms with van der Waals surface area (Å²) < 4.78 is 48.2. The molecule has 3 rings (SSSR count). The lowest BCUT2D eigenvalue weighted by Crippen LogP contribution is -2.48. The first-order chi connectivity index (χ1) is 24.3. The highest BCUT2D eigenvalue weighted by molar-refractivity contribution is 5.67. The van der Waals surface area contributed by atoms with Crippen LogP contribution < -0.4 is 5.32 Å². The van der Waals surface area contributed by atoms with Crippen LogP contribution in [0.4, 0.5) is 9.18 Å². The molecule has 282 valence electrons. The van der Waals surface area contributed by atoms with Crippen molar-refractivity contribution in [3.05, 3.63) is 71.8 Å². The Morgan fingerprint density at radius 1 is 0.700 bits per heavy atom. The molecule has 1 atom stereocenters. The molecule has 0 saturated carbocycles. The summed E-state index contributed by atoms with van der Waals surface area (Å²) in [6.07, 6.45) is -1.49. The van der Waals surface area contributed by atoms with Crippen molar-refractivity contribution >= 4 is 6.09 Å². The van der Waals surface area contributed by atoms with Crippen LogP contribution in [0.2, 0.25) is 0 Å². The molecule has 0 aromatic heterocycles. The van der Waals surface area contributed by atoms with Crippen molar-refractivity contribution in [2.24, 2.45) is 0 Å². The van der Waals surface area contributed by atoms with Crippen LogP contribution in [0.1, 0.15) is 31.9 Å². The van der Waals surface area contributed by atoms with Gasteiger partial charge in [0.15, 0.2) is 0 Å². The molecule has 1 fully saturated rings. The van der Waals surface area contributed by atoms with Gasteiger partial charge in [0.1, 0.15) is 11.8 Å². The minimum Gasteiger partial charge on any atom is -0.444 e. The fourth-order valence-corrected chi connectivity index (χ4v) is 5.34. The maximum Gasteiger partial charge on any atom is 0.407 e. The highest BCUT2D eigenvalue weighted by atomic mass is 19.1. The summed E-state index contributed by atoms with van der Waals surface area (Å²) in [5, 5.41) is 2.65. The molecule has 11 nitrogen and oxygen atoms in total. The quantitative estimate of drug-likeness (QED) is 0.143. The number of carbonyl (C=O) groups is 1. The zero-order valence-corrected chi connectivity index (χ0v) is 30.6. The largest absolute Gasteiger partial charge is 0.444 e. The molecule has 0 bridgehead atoms. The van der Waals surface area contributed by atoms with Crippen LogP contribution >= 0.6 is 0 Å². The minimum absolute atomic E-state index is 0.112. The topological polar surface area (TPSA) is 94.2 Å². The van der Waals surface area contributed by atoms with Crippen LogP contribution in [-0.4, -0.2) is 151 Å². The third kappa shape index (κ3) is 20.9.